The molecule has 2 N–H and O–H groups in total. The summed E-state index contributed by atoms with van der Waals surface area (Å²) in [5.41, 5.74) is 6.33. The number of anilines is 1. The summed E-state index contributed by atoms with van der Waals surface area (Å²) < 4.78 is 10.4. The Morgan fingerprint density at radius 2 is 2.05 bits per heavy atom. The summed E-state index contributed by atoms with van der Waals surface area (Å²) in [4.78, 5) is 11.7. The third-order valence-electron chi connectivity index (χ3n) is 2.54. The molecule has 1 aromatic rings. The number of benzene rings is 1. The van der Waals surface area contributed by atoms with Gasteiger partial charge in [-0.05, 0) is 30.5 Å². The van der Waals surface area contributed by atoms with Gasteiger partial charge in [0, 0.05) is 17.3 Å². The van der Waals surface area contributed by atoms with Crippen molar-refractivity contribution < 1.29 is 14.3 Å². The normalized spacial score (nSPS) is 10.7. The fraction of sp³-hybridized carbons (Fsp3) is 0.500. The topological polar surface area (TPSA) is 61.5 Å². The molecule has 0 unspecified atom stereocenters. The number of nitrogens with two attached hydrogens (primary N) is 1. The van der Waals surface area contributed by atoms with Crippen molar-refractivity contribution in [3.05, 3.63) is 28.8 Å². The van der Waals surface area contributed by atoms with Crippen LogP contribution in [0.4, 0.5) is 5.69 Å². The van der Waals surface area contributed by atoms with E-state index in [0.29, 0.717) is 29.8 Å². The molecule has 0 aliphatic carbocycles. The molecule has 0 aromatic heterocycles. The Labute approximate surface area is 118 Å². The molecule has 0 amide bonds. The number of nitrogen functional groups attached to an aromatic ring is 1. The lowest BCUT2D eigenvalue weighted by molar-refractivity contribution is 0.0304. The van der Waals surface area contributed by atoms with Crippen LogP contribution in [-0.2, 0) is 9.47 Å². The van der Waals surface area contributed by atoms with E-state index in [1.165, 1.54) is 6.07 Å². The van der Waals surface area contributed by atoms with E-state index in [4.69, 9.17) is 26.8 Å². The molecule has 19 heavy (non-hydrogen) atoms. The maximum atomic E-state index is 11.7. The number of halogens is 1. The van der Waals surface area contributed by atoms with Crippen LogP contribution in [0.2, 0.25) is 5.02 Å². The molecule has 0 saturated carbocycles. The van der Waals surface area contributed by atoms with Crippen molar-refractivity contribution in [3.8, 4) is 0 Å². The van der Waals surface area contributed by atoms with E-state index in [2.05, 4.69) is 13.8 Å². The van der Waals surface area contributed by atoms with Crippen molar-refractivity contribution in [1.29, 1.82) is 0 Å². The number of esters is 1. The van der Waals surface area contributed by atoms with Crippen molar-refractivity contribution in [2.24, 2.45) is 5.92 Å². The predicted molar refractivity (Wildman–Crippen MR) is 76.4 cm³/mol. The molecule has 0 atom stereocenters. The molecule has 0 aliphatic heterocycles. The van der Waals surface area contributed by atoms with Crippen molar-refractivity contribution in [2.75, 3.05) is 25.6 Å². The molecule has 1 rings (SSSR count). The van der Waals surface area contributed by atoms with Crippen LogP contribution in [0.15, 0.2) is 18.2 Å². The molecule has 4 nitrogen and oxygen atoms in total. The first-order chi connectivity index (χ1) is 9.00. The van der Waals surface area contributed by atoms with Gasteiger partial charge in [-0.15, -0.1) is 0 Å². The molecule has 0 fully saturated rings. The fourth-order valence-electron chi connectivity index (χ4n) is 1.40. The molecule has 0 spiro atoms. The third kappa shape index (κ3) is 5.94. The molecule has 0 radical (unpaired) electrons. The van der Waals surface area contributed by atoms with E-state index in [-0.39, 0.29) is 12.2 Å². The first-order valence-corrected chi connectivity index (χ1v) is 6.68. The molecule has 0 heterocycles. The summed E-state index contributed by atoms with van der Waals surface area (Å²) in [5, 5.41) is 0.453. The molecule has 0 bridgehead atoms. The number of rotatable bonds is 7. The van der Waals surface area contributed by atoms with E-state index in [9.17, 15) is 4.79 Å². The van der Waals surface area contributed by atoms with Crippen LogP contribution in [0.5, 0.6) is 0 Å². The summed E-state index contributed by atoms with van der Waals surface area (Å²) in [5.74, 6) is 0.126. The van der Waals surface area contributed by atoms with Gasteiger partial charge in [-0.2, -0.15) is 0 Å². The molecule has 5 heteroatoms. The summed E-state index contributed by atoms with van der Waals surface area (Å²) in [6.07, 6.45) is 0.995. The second-order valence-corrected chi connectivity index (χ2v) is 5.10. The quantitative estimate of drug-likeness (QED) is 0.475. The summed E-state index contributed by atoms with van der Waals surface area (Å²) in [6.45, 7) is 5.53. The van der Waals surface area contributed by atoms with Gasteiger partial charge in [-0.3, -0.25) is 0 Å². The average molecular weight is 286 g/mol. The zero-order chi connectivity index (χ0) is 14.3. The lowest BCUT2D eigenvalue weighted by Crippen LogP contribution is -2.13. The monoisotopic (exact) mass is 285 g/mol. The maximum absolute atomic E-state index is 11.7. The van der Waals surface area contributed by atoms with Gasteiger partial charge in [0.25, 0.3) is 0 Å². The van der Waals surface area contributed by atoms with E-state index >= 15 is 0 Å². The minimum atomic E-state index is -0.479. The van der Waals surface area contributed by atoms with Crippen molar-refractivity contribution in [1.82, 2.24) is 0 Å². The van der Waals surface area contributed by atoms with Crippen LogP contribution < -0.4 is 5.73 Å². The van der Waals surface area contributed by atoms with Crippen LogP contribution in [0.3, 0.4) is 0 Å². The van der Waals surface area contributed by atoms with Gasteiger partial charge in [0.15, 0.2) is 0 Å². The number of carbonyl (C=O) groups excluding carboxylic acids is 1. The number of hydrogen-bond donors (Lipinski definition) is 1. The van der Waals surface area contributed by atoms with Gasteiger partial charge in [-0.1, -0.05) is 25.4 Å². The highest BCUT2D eigenvalue weighted by Gasteiger charge is 2.11. The Morgan fingerprint density at radius 1 is 1.32 bits per heavy atom. The van der Waals surface area contributed by atoms with Crippen molar-refractivity contribution in [2.45, 2.75) is 20.3 Å². The maximum Gasteiger partial charge on any atom is 0.340 e. The molecule has 1 aromatic carbocycles. The van der Waals surface area contributed by atoms with Crippen molar-refractivity contribution >= 4 is 23.3 Å². The van der Waals surface area contributed by atoms with E-state index in [1.807, 2.05) is 0 Å². The van der Waals surface area contributed by atoms with E-state index in [1.54, 1.807) is 12.1 Å². The van der Waals surface area contributed by atoms with Crippen LogP contribution in [0, 0.1) is 5.92 Å². The Bertz CT molecular complexity index is 421. The largest absolute Gasteiger partial charge is 0.460 e. The Balaban J connectivity index is 2.29. The van der Waals surface area contributed by atoms with Gasteiger partial charge >= 0.3 is 5.97 Å². The SMILES string of the molecule is CC(C)CCOCCOC(=O)c1cc(Cl)ccc1N. The first kappa shape index (κ1) is 15.8. The Hall–Kier alpha value is -1.26. The lowest BCUT2D eigenvalue weighted by atomic mass is 10.1. The standard InChI is InChI=1S/C14H20ClNO3/c1-10(2)5-6-18-7-8-19-14(17)12-9-11(15)3-4-13(12)16/h3-4,9-10H,5-8,16H2,1-2H3. The van der Waals surface area contributed by atoms with Gasteiger partial charge in [-0.25, -0.2) is 4.79 Å². The van der Waals surface area contributed by atoms with Crippen LogP contribution in [-0.4, -0.2) is 25.8 Å². The van der Waals surface area contributed by atoms with Crippen LogP contribution in [0.1, 0.15) is 30.6 Å². The summed E-state index contributed by atoms with van der Waals surface area (Å²) >= 11 is 5.81. The van der Waals surface area contributed by atoms with E-state index < -0.39 is 5.97 Å². The minimum absolute atomic E-state index is 0.211. The zero-order valence-electron chi connectivity index (χ0n) is 11.3. The van der Waals surface area contributed by atoms with E-state index in [0.717, 1.165) is 6.42 Å². The smallest absolute Gasteiger partial charge is 0.340 e. The number of hydrogen-bond acceptors (Lipinski definition) is 4. The van der Waals surface area contributed by atoms with Crippen LogP contribution >= 0.6 is 11.6 Å². The third-order valence-corrected chi connectivity index (χ3v) is 2.77. The highest BCUT2D eigenvalue weighted by atomic mass is 35.5. The predicted octanol–water partition coefficient (Wildman–Crippen LogP) is 3.14. The van der Waals surface area contributed by atoms with Gasteiger partial charge in [0.05, 0.1) is 12.2 Å². The molecular weight excluding hydrogens is 266 g/mol. The van der Waals surface area contributed by atoms with Crippen LogP contribution in [0.25, 0.3) is 0 Å². The second kappa shape index (κ2) is 8.02. The highest BCUT2D eigenvalue weighted by molar-refractivity contribution is 6.31. The number of ether oxygens (including phenoxy) is 2. The lowest BCUT2D eigenvalue weighted by Gasteiger charge is -2.09. The van der Waals surface area contributed by atoms with Gasteiger partial charge in [0.1, 0.15) is 6.61 Å². The highest BCUT2D eigenvalue weighted by Crippen LogP contribution is 2.18. The average Bonchev–Trinajstić information content (AvgIpc) is 2.36. The van der Waals surface area contributed by atoms with Crippen molar-refractivity contribution in [3.63, 3.8) is 0 Å². The molecule has 0 aliphatic rings. The van der Waals surface area contributed by atoms with Gasteiger partial charge < -0.3 is 15.2 Å². The zero-order valence-corrected chi connectivity index (χ0v) is 12.1. The summed E-state index contributed by atoms with van der Waals surface area (Å²) in [7, 11) is 0. The first-order valence-electron chi connectivity index (χ1n) is 6.30. The molecular formula is C14H20ClNO3. The fourth-order valence-corrected chi connectivity index (χ4v) is 1.57. The molecule has 0 saturated heterocycles. The second-order valence-electron chi connectivity index (χ2n) is 4.66. The Morgan fingerprint density at radius 3 is 2.74 bits per heavy atom. The minimum Gasteiger partial charge on any atom is -0.460 e. The molecule has 106 valence electrons. The van der Waals surface area contributed by atoms with Gasteiger partial charge in [0.2, 0.25) is 0 Å². The summed E-state index contributed by atoms with van der Waals surface area (Å²) in [6, 6.07) is 4.71. The number of carbonyl (C=O) groups is 1. The Kier molecular flexibility index (Phi) is 6.67.